The van der Waals surface area contributed by atoms with Crippen molar-refractivity contribution in [2.24, 2.45) is 28.6 Å². The van der Waals surface area contributed by atoms with E-state index >= 15 is 0 Å². The zero-order valence-electron chi connectivity index (χ0n) is 15.3. The molecule has 0 bridgehead atoms. The third-order valence-corrected chi connectivity index (χ3v) is 8.30. The molecule has 1 amide bonds. The number of carbonyl (C=O) groups excluding carboxylic acids is 1. The standard InChI is InChI=1S/C21H31NO2/c1-5-24-18-9-7-15-14-6-8-17-20(2,13-11-19(23)22(17)4)16(14)10-12-21(15,18)3/h5,11,13-18H,1,6-10,12H2,2-4H3/t14-,15-,16+,17?,18?,20+,21-/m0/s1. The van der Waals surface area contributed by atoms with E-state index in [1.54, 1.807) is 6.26 Å². The van der Waals surface area contributed by atoms with E-state index in [9.17, 15) is 4.79 Å². The van der Waals surface area contributed by atoms with E-state index in [1.807, 2.05) is 18.0 Å². The van der Waals surface area contributed by atoms with E-state index in [1.165, 1.54) is 32.1 Å². The molecular weight excluding hydrogens is 298 g/mol. The molecule has 3 nitrogen and oxygen atoms in total. The number of hydrogen-bond acceptors (Lipinski definition) is 2. The highest BCUT2D eigenvalue weighted by Crippen LogP contribution is 2.64. The summed E-state index contributed by atoms with van der Waals surface area (Å²) in [6.07, 6.45) is 13.4. The van der Waals surface area contributed by atoms with Crippen LogP contribution in [0, 0.1) is 28.6 Å². The normalized spacial score (nSPS) is 50.0. The van der Waals surface area contributed by atoms with Crippen molar-refractivity contribution < 1.29 is 9.53 Å². The van der Waals surface area contributed by atoms with E-state index in [2.05, 4.69) is 26.5 Å². The van der Waals surface area contributed by atoms with Gasteiger partial charge in [0.15, 0.2) is 0 Å². The van der Waals surface area contributed by atoms with E-state index in [-0.39, 0.29) is 11.3 Å². The monoisotopic (exact) mass is 329 g/mol. The van der Waals surface area contributed by atoms with Crippen LogP contribution in [-0.4, -0.2) is 30.0 Å². The van der Waals surface area contributed by atoms with Crippen LogP contribution in [0.1, 0.15) is 52.4 Å². The van der Waals surface area contributed by atoms with Crippen LogP contribution in [0.5, 0.6) is 0 Å². The third-order valence-electron chi connectivity index (χ3n) is 8.30. The van der Waals surface area contributed by atoms with Crippen LogP contribution in [0.3, 0.4) is 0 Å². The SMILES string of the molecule is C=COC1CC[C@H]2[C@@H]3CCC4N(C)C(=O)C=C[C@]4(C)[C@@H]3CC[C@]12C. The van der Waals surface area contributed by atoms with E-state index in [0.29, 0.717) is 23.5 Å². The summed E-state index contributed by atoms with van der Waals surface area (Å²) in [5.74, 6) is 2.41. The fourth-order valence-electron chi connectivity index (χ4n) is 7.03. The Balaban J connectivity index is 1.65. The molecule has 1 heterocycles. The lowest BCUT2D eigenvalue weighted by atomic mass is 9.48. The maximum Gasteiger partial charge on any atom is 0.246 e. The first kappa shape index (κ1) is 16.2. The topological polar surface area (TPSA) is 29.5 Å². The first-order chi connectivity index (χ1) is 11.4. The minimum absolute atomic E-state index is 0.143. The number of nitrogens with zero attached hydrogens (tertiary/aromatic N) is 1. The van der Waals surface area contributed by atoms with Gasteiger partial charge < -0.3 is 9.64 Å². The van der Waals surface area contributed by atoms with Crippen molar-refractivity contribution in [1.29, 1.82) is 0 Å². The fraction of sp³-hybridized carbons (Fsp3) is 0.762. The highest BCUT2D eigenvalue weighted by molar-refractivity contribution is 5.89. The molecule has 4 aliphatic rings. The number of ether oxygens (including phenoxy) is 1. The summed E-state index contributed by atoms with van der Waals surface area (Å²) in [4.78, 5) is 14.1. The number of rotatable bonds is 2. The van der Waals surface area contributed by atoms with E-state index in [0.717, 1.165) is 18.3 Å². The Morgan fingerprint density at radius 3 is 2.75 bits per heavy atom. The first-order valence-electron chi connectivity index (χ1n) is 9.64. The maximum atomic E-state index is 12.1. The third kappa shape index (κ3) is 1.99. The van der Waals surface area contributed by atoms with Crippen LogP contribution in [0.4, 0.5) is 0 Å². The predicted molar refractivity (Wildman–Crippen MR) is 95.2 cm³/mol. The van der Waals surface area contributed by atoms with Gasteiger partial charge >= 0.3 is 0 Å². The van der Waals surface area contributed by atoms with Crippen molar-refractivity contribution in [3.63, 3.8) is 0 Å². The highest BCUT2D eigenvalue weighted by atomic mass is 16.5. The molecule has 7 atom stereocenters. The smallest absolute Gasteiger partial charge is 0.246 e. The Kier molecular flexibility index (Phi) is 3.63. The fourth-order valence-corrected chi connectivity index (χ4v) is 7.03. The molecule has 0 aromatic rings. The molecule has 0 N–H and O–H groups in total. The molecule has 0 saturated heterocycles. The van der Waals surface area contributed by atoms with Gasteiger partial charge in [-0.15, -0.1) is 0 Å². The highest BCUT2D eigenvalue weighted by Gasteiger charge is 2.60. The van der Waals surface area contributed by atoms with Gasteiger partial charge in [0, 0.05) is 23.9 Å². The van der Waals surface area contributed by atoms with Gasteiger partial charge in [-0.1, -0.05) is 26.5 Å². The van der Waals surface area contributed by atoms with E-state index < -0.39 is 0 Å². The molecule has 3 fully saturated rings. The number of hydrogen-bond donors (Lipinski definition) is 0. The zero-order valence-corrected chi connectivity index (χ0v) is 15.3. The predicted octanol–water partition coefficient (Wildman–Crippen LogP) is 4.15. The molecule has 3 aliphatic carbocycles. The molecular formula is C21H31NO2. The summed E-state index contributed by atoms with van der Waals surface area (Å²) in [6.45, 7) is 8.65. The maximum absolute atomic E-state index is 12.1. The summed E-state index contributed by atoms with van der Waals surface area (Å²) in [5, 5.41) is 0. The van der Waals surface area contributed by atoms with Crippen molar-refractivity contribution in [3.8, 4) is 0 Å². The van der Waals surface area contributed by atoms with Crippen LogP contribution in [-0.2, 0) is 9.53 Å². The Morgan fingerprint density at radius 1 is 1.21 bits per heavy atom. The van der Waals surface area contributed by atoms with Gasteiger partial charge in [-0.2, -0.15) is 0 Å². The average Bonchev–Trinajstić information content (AvgIpc) is 2.89. The second kappa shape index (κ2) is 5.37. The van der Waals surface area contributed by atoms with Crippen molar-refractivity contribution in [2.45, 2.75) is 64.5 Å². The summed E-state index contributed by atoms with van der Waals surface area (Å²) in [7, 11) is 1.99. The van der Waals surface area contributed by atoms with Crippen LogP contribution < -0.4 is 0 Å². The second-order valence-electron chi connectivity index (χ2n) is 9.03. The summed E-state index contributed by atoms with van der Waals surface area (Å²) in [6, 6.07) is 0.377. The summed E-state index contributed by atoms with van der Waals surface area (Å²) < 4.78 is 5.91. The van der Waals surface area contributed by atoms with Gasteiger partial charge in [0.25, 0.3) is 0 Å². The number of fused-ring (bicyclic) bond motifs is 5. The lowest BCUT2D eigenvalue weighted by Crippen LogP contribution is -2.59. The lowest BCUT2D eigenvalue weighted by molar-refractivity contribution is -0.140. The first-order valence-corrected chi connectivity index (χ1v) is 9.64. The summed E-state index contributed by atoms with van der Waals surface area (Å²) >= 11 is 0. The van der Waals surface area contributed by atoms with Crippen molar-refractivity contribution in [3.05, 3.63) is 25.0 Å². The van der Waals surface area contributed by atoms with Crippen molar-refractivity contribution >= 4 is 5.91 Å². The molecule has 1 aliphatic heterocycles. The molecule has 24 heavy (non-hydrogen) atoms. The second-order valence-corrected chi connectivity index (χ2v) is 9.03. The number of amides is 1. The van der Waals surface area contributed by atoms with Crippen LogP contribution in [0.25, 0.3) is 0 Å². The quantitative estimate of drug-likeness (QED) is 0.712. The molecule has 3 heteroatoms. The number of likely N-dealkylation sites (N-methyl/N-ethyl adjacent to an activating group) is 1. The largest absolute Gasteiger partial charge is 0.498 e. The van der Waals surface area contributed by atoms with Gasteiger partial charge in [-0.05, 0) is 62.4 Å². The summed E-state index contributed by atoms with van der Waals surface area (Å²) in [5.41, 5.74) is 0.447. The number of carbonyl (C=O) groups is 1. The molecule has 2 unspecified atom stereocenters. The van der Waals surface area contributed by atoms with Crippen LogP contribution in [0.15, 0.2) is 25.0 Å². The molecule has 132 valence electrons. The minimum atomic E-state index is 0.143. The molecule has 0 radical (unpaired) electrons. The van der Waals surface area contributed by atoms with Crippen molar-refractivity contribution in [1.82, 2.24) is 4.90 Å². The lowest BCUT2D eigenvalue weighted by Gasteiger charge is -2.60. The van der Waals surface area contributed by atoms with Gasteiger partial charge in [-0.3, -0.25) is 4.79 Å². The molecule has 4 rings (SSSR count). The van der Waals surface area contributed by atoms with Gasteiger partial charge in [0.2, 0.25) is 5.91 Å². The van der Waals surface area contributed by atoms with Gasteiger partial charge in [-0.25, -0.2) is 0 Å². The van der Waals surface area contributed by atoms with Gasteiger partial charge in [0.1, 0.15) is 6.10 Å². The van der Waals surface area contributed by atoms with Crippen LogP contribution in [0.2, 0.25) is 0 Å². The Hall–Kier alpha value is -1.25. The molecule has 0 aromatic carbocycles. The molecule has 3 saturated carbocycles. The van der Waals surface area contributed by atoms with Crippen LogP contribution >= 0.6 is 0 Å². The van der Waals surface area contributed by atoms with Gasteiger partial charge in [0.05, 0.1) is 6.26 Å². The minimum Gasteiger partial charge on any atom is -0.498 e. The Labute approximate surface area is 146 Å². The Morgan fingerprint density at radius 2 is 2.00 bits per heavy atom. The molecule has 0 aromatic heterocycles. The molecule has 0 spiro atoms. The average molecular weight is 329 g/mol. The van der Waals surface area contributed by atoms with E-state index in [4.69, 9.17) is 4.74 Å². The Bertz CT molecular complexity index is 584. The zero-order chi connectivity index (χ0) is 17.1. The van der Waals surface area contributed by atoms with Crippen molar-refractivity contribution in [2.75, 3.05) is 7.05 Å².